The van der Waals surface area contributed by atoms with E-state index in [9.17, 15) is 0 Å². The zero-order valence-corrected chi connectivity index (χ0v) is 6.88. The van der Waals surface area contributed by atoms with Gasteiger partial charge in [0.05, 0.1) is 0 Å². The summed E-state index contributed by atoms with van der Waals surface area (Å²) in [7, 11) is 0. The Bertz CT molecular complexity index is 227. The highest BCUT2D eigenvalue weighted by atomic mass is 35.5. The second-order valence-corrected chi connectivity index (χ2v) is 2.70. The van der Waals surface area contributed by atoms with Crippen LogP contribution in [0, 0.1) is 0 Å². The molecule has 2 nitrogen and oxygen atoms in total. The number of rotatable bonds is 3. The molecule has 11 heavy (non-hydrogen) atoms. The van der Waals surface area contributed by atoms with Crippen LogP contribution in [0.5, 0.6) is 0 Å². The molecule has 0 aliphatic carbocycles. The Kier molecular flexibility index (Phi) is 3.33. The summed E-state index contributed by atoms with van der Waals surface area (Å²) in [6, 6.07) is 3.72. The minimum atomic E-state index is 0.222. The smallest absolute Gasteiger partial charge is 0.129 e. The van der Waals surface area contributed by atoms with Gasteiger partial charge in [0.2, 0.25) is 0 Å². The van der Waals surface area contributed by atoms with E-state index in [1.807, 2.05) is 12.1 Å². The number of nitrogens with zero attached hydrogens (tertiary/aromatic N) is 1. The topological polar surface area (TPSA) is 33.1 Å². The predicted octanol–water partition coefficient (Wildman–Crippen LogP) is 1.66. The summed E-state index contributed by atoms with van der Waals surface area (Å²) in [6.45, 7) is 0.222. The van der Waals surface area contributed by atoms with E-state index in [0.29, 0.717) is 5.15 Å². The highest BCUT2D eigenvalue weighted by Crippen LogP contribution is 2.08. The maximum absolute atomic E-state index is 8.55. The second-order valence-electron chi connectivity index (χ2n) is 2.31. The zero-order valence-electron chi connectivity index (χ0n) is 6.13. The van der Waals surface area contributed by atoms with E-state index in [0.717, 1.165) is 18.4 Å². The van der Waals surface area contributed by atoms with Crippen molar-refractivity contribution in [2.24, 2.45) is 0 Å². The molecule has 0 bridgehead atoms. The average Bonchev–Trinajstić information content (AvgIpc) is 2.01. The lowest BCUT2D eigenvalue weighted by molar-refractivity contribution is 0.288. The van der Waals surface area contributed by atoms with Crippen molar-refractivity contribution in [3.05, 3.63) is 29.0 Å². The van der Waals surface area contributed by atoms with Crippen LogP contribution in [0.3, 0.4) is 0 Å². The monoisotopic (exact) mass is 171 g/mol. The van der Waals surface area contributed by atoms with Crippen molar-refractivity contribution in [1.29, 1.82) is 0 Å². The van der Waals surface area contributed by atoms with Crippen LogP contribution in [0.2, 0.25) is 5.15 Å². The third-order valence-electron chi connectivity index (χ3n) is 1.41. The predicted molar refractivity (Wildman–Crippen MR) is 44.7 cm³/mol. The van der Waals surface area contributed by atoms with Gasteiger partial charge < -0.3 is 5.11 Å². The molecule has 0 fully saturated rings. The van der Waals surface area contributed by atoms with Crippen molar-refractivity contribution in [1.82, 2.24) is 4.98 Å². The molecule has 1 aromatic rings. The molecule has 1 heterocycles. The lowest BCUT2D eigenvalue weighted by atomic mass is 10.1. The van der Waals surface area contributed by atoms with E-state index in [2.05, 4.69) is 4.98 Å². The fourth-order valence-corrected chi connectivity index (χ4v) is 1.08. The van der Waals surface area contributed by atoms with Gasteiger partial charge in [0.1, 0.15) is 5.15 Å². The van der Waals surface area contributed by atoms with E-state index < -0.39 is 0 Å². The Morgan fingerprint density at radius 2 is 2.36 bits per heavy atom. The molecule has 0 unspecified atom stereocenters. The number of aliphatic hydroxyl groups excluding tert-OH is 1. The Morgan fingerprint density at radius 3 is 3.00 bits per heavy atom. The molecule has 0 aliphatic heterocycles. The molecule has 1 aromatic heterocycles. The maximum atomic E-state index is 8.55. The summed E-state index contributed by atoms with van der Waals surface area (Å²) < 4.78 is 0. The summed E-state index contributed by atoms with van der Waals surface area (Å²) in [5, 5.41) is 9.06. The number of hydrogen-bond donors (Lipinski definition) is 1. The van der Waals surface area contributed by atoms with Crippen LogP contribution in [0.15, 0.2) is 18.3 Å². The average molecular weight is 172 g/mol. The van der Waals surface area contributed by atoms with Gasteiger partial charge in [-0.1, -0.05) is 11.6 Å². The third-order valence-corrected chi connectivity index (χ3v) is 1.62. The largest absolute Gasteiger partial charge is 0.396 e. The molecule has 0 saturated carbocycles. The molecule has 0 aromatic carbocycles. The molecular formula is C8H10ClNO. The van der Waals surface area contributed by atoms with Crippen molar-refractivity contribution in [2.45, 2.75) is 12.8 Å². The van der Waals surface area contributed by atoms with Gasteiger partial charge in [-0.3, -0.25) is 0 Å². The van der Waals surface area contributed by atoms with Gasteiger partial charge in [0.25, 0.3) is 0 Å². The van der Waals surface area contributed by atoms with Crippen molar-refractivity contribution in [3.8, 4) is 0 Å². The van der Waals surface area contributed by atoms with Crippen LogP contribution in [0.1, 0.15) is 12.0 Å². The van der Waals surface area contributed by atoms with E-state index in [1.54, 1.807) is 6.20 Å². The van der Waals surface area contributed by atoms with Gasteiger partial charge in [-0.2, -0.15) is 0 Å². The van der Waals surface area contributed by atoms with Gasteiger partial charge in [-0.25, -0.2) is 4.98 Å². The van der Waals surface area contributed by atoms with Crippen LogP contribution < -0.4 is 0 Å². The molecule has 1 N–H and O–H groups in total. The van der Waals surface area contributed by atoms with Crippen LogP contribution in [0.4, 0.5) is 0 Å². The number of pyridine rings is 1. The standard InChI is InChI=1S/C8H10ClNO/c9-8-6-7(2-1-5-11)3-4-10-8/h3-4,6,11H,1-2,5H2. The van der Waals surface area contributed by atoms with E-state index in [4.69, 9.17) is 16.7 Å². The number of aromatic nitrogens is 1. The molecule has 1 rings (SSSR count). The summed E-state index contributed by atoms with van der Waals surface area (Å²) in [5.41, 5.74) is 1.12. The fraction of sp³-hybridized carbons (Fsp3) is 0.375. The summed E-state index contributed by atoms with van der Waals surface area (Å²) in [4.78, 5) is 3.85. The second kappa shape index (κ2) is 4.31. The van der Waals surface area contributed by atoms with Crippen molar-refractivity contribution >= 4 is 11.6 Å². The number of halogens is 1. The first-order valence-corrected chi connectivity index (χ1v) is 3.92. The van der Waals surface area contributed by atoms with Crippen molar-refractivity contribution in [3.63, 3.8) is 0 Å². The van der Waals surface area contributed by atoms with E-state index in [-0.39, 0.29) is 6.61 Å². The van der Waals surface area contributed by atoms with E-state index in [1.165, 1.54) is 0 Å². The van der Waals surface area contributed by atoms with Crippen LogP contribution in [-0.4, -0.2) is 16.7 Å². The molecule has 0 atom stereocenters. The highest BCUT2D eigenvalue weighted by Gasteiger charge is 1.93. The number of aliphatic hydroxyl groups is 1. The molecule has 0 amide bonds. The molecule has 3 heteroatoms. The van der Waals surface area contributed by atoms with Crippen LogP contribution >= 0.6 is 11.6 Å². The van der Waals surface area contributed by atoms with E-state index >= 15 is 0 Å². The molecule has 60 valence electrons. The summed E-state index contributed by atoms with van der Waals surface area (Å²) in [6.07, 6.45) is 3.31. The van der Waals surface area contributed by atoms with Gasteiger partial charge in [-0.05, 0) is 30.5 Å². The van der Waals surface area contributed by atoms with Gasteiger partial charge in [0.15, 0.2) is 0 Å². The van der Waals surface area contributed by atoms with Crippen LogP contribution in [0.25, 0.3) is 0 Å². The first-order valence-electron chi connectivity index (χ1n) is 3.54. The number of hydrogen-bond acceptors (Lipinski definition) is 2. The highest BCUT2D eigenvalue weighted by molar-refractivity contribution is 6.29. The quantitative estimate of drug-likeness (QED) is 0.702. The molecule has 0 spiro atoms. The van der Waals surface area contributed by atoms with Gasteiger partial charge in [0, 0.05) is 12.8 Å². The minimum Gasteiger partial charge on any atom is -0.396 e. The Hall–Kier alpha value is -0.600. The fourth-order valence-electron chi connectivity index (χ4n) is 0.881. The first-order chi connectivity index (χ1) is 5.33. The first kappa shape index (κ1) is 8.50. The SMILES string of the molecule is OCCCc1ccnc(Cl)c1. The lowest BCUT2D eigenvalue weighted by Gasteiger charge is -1.97. The molecule has 0 aliphatic rings. The van der Waals surface area contributed by atoms with Crippen molar-refractivity contribution in [2.75, 3.05) is 6.61 Å². The third kappa shape index (κ3) is 2.87. The summed E-state index contributed by atoms with van der Waals surface area (Å²) >= 11 is 5.65. The Labute approximate surface area is 70.8 Å². The van der Waals surface area contributed by atoms with Gasteiger partial charge in [-0.15, -0.1) is 0 Å². The molecular weight excluding hydrogens is 162 g/mol. The van der Waals surface area contributed by atoms with Gasteiger partial charge >= 0.3 is 0 Å². The number of aryl methyl sites for hydroxylation is 1. The van der Waals surface area contributed by atoms with Crippen LogP contribution in [-0.2, 0) is 6.42 Å². The normalized spacial score (nSPS) is 10.0. The Morgan fingerprint density at radius 1 is 1.55 bits per heavy atom. The zero-order chi connectivity index (χ0) is 8.10. The molecule has 0 saturated heterocycles. The maximum Gasteiger partial charge on any atom is 0.129 e. The Balaban J connectivity index is 2.56. The van der Waals surface area contributed by atoms with Crippen molar-refractivity contribution < 1.29 is 5.11 Å². The molecule has 0 radical (unpaired) electrons. The summed E-state index contributed by atoms with van der Waals surface area (Å²) in [5.74, 6) is 0. The minimum absolute atomic E-state index is 0.222. The lowest BCUT2D eigenvalue weighted by Crippen LogP contribution is -1.89.